The number of rotatable bonds is 4. The van der Waals surface area contributed by atoms with Crippen LogP contribution >= 0.6 is 0 Å². The molecule has 3 rings (SSSR count). The van der Waals surface area contributed by atoms with E-state index < -0.39 is 0 Å². The van der Waals surface area contributed by atoms with E-state index in [1.165, 1.54) is 0 Å². The third-order valence-electron chi connectivity index (χ3n) is 3.20. The molecule has 0 saturated heterocycles. The second kappa shape index (κ2) is 6.09. The summed E-state index contributed by atoms with van der Waals surface area (Å²) in [5.74, 6) is 0.834. The van der Waals surface area contributed by atoms with Gasteiger partial charge in [-0.2, -0.15) is 0 Å². The molecule has 1 aromatic heterocycles. The molecular formula is C18H15NO2. The lowest BCUT2D eigenvalue weighted by atomic mass is 10.1. The van der Waals surface area contributed by atoms with E-state index in [0.29, 0.717) is 12.2 Å². The molecule has 0 atom stereocenters. The van der Waals surface area contributed by atoms with Gasteiger partial charge in [0.1, 0.15) is 12.4 Å². The number of H-pyrrole nitrogens is 1. The predicted octanol–water partition coefficient (Wildman–Crippen LogP) is 3.62. The first kappa shape index (κ1) is 13.2. The Morgan fingerprint density at radius 1 is 0.905 bits per heavy atom. The van der Waals surface area contributed by atoms with Gasteiger partial charge in [-0.05, 0) is 41.5 Å². The van der Waals surface area contributed by atoms with E-state index in [2.05, 4.69) is 4.98 Å². The Kier molecular flexibility index (Phi) is 3.83. The van der Waals surface area contributed by atoms with Gasteiger partial charge in [0.25, 0.3) is 5.56 Å². The second-order valence-electron chi connectivity index (χ2n) is 4.72. The standard InChI is InChI=1S/C18H15NO2/c20-18-17(10-5-11-19-18)15-7-4-6-14(12-15)13-21-16-8-2-1-3-9-16/h1-12H,13H2,(H,19,20). The fourth-order valence-corrected chi connectivity index (χ4v) is 2.16. The Morgan fingerprint density at radius 3 is 2.57 bits per heavy atom. The number of nitrogens with one attached hydrogen (secondary N) is 1. The van der Waals surface area contributed by atoms with Crippen molar-refractivity contribution in [2.24, 2.45) is 0 Å². The molecule has 0 aliphatic heterocycles. The summed E-state index contributed by atoms with van der Waals surface area (Å²) in [4.78, 5) is 14.5. The highest BCUT2D eigenvalue weighted by Gasteiger charge is 2.03. The van der Waals surface area contributed by atoms with Crippen LogP contribution in [0.4, 0.5) is 0 Å². The Morgan fingerprint density at radius 2 is 1.76 bits per heavy atom. The Balaban J connectivity index is 1.81. The number of aromatic amines is 1. The summed E-state index contributed by atoms with van der Waals surface area (Å²) in [5.41, 5.74) is 2.50. The largest absolute Gasteiger partial charge is 0.489 e. The molecule has 0 unspecified atom stereocenters. The topological polar surface area (TPSA) is 42.1 Å². The third kappa shape index (κ3) is 3.20. The van der Waals surface area contributed by atoms with Gasteiger partial charge in [0.2, 0.25) is 0 Å². The molecule has 21 heavy (non-hydrogen) atoms. The molecule has 3 heteroatoms. The summed E-state index contributed by atoms with van der Waals surface area (Å²) < 4.78 is 5.73. The molecule has 0 bridgehead atoms. The van der Waals surface area contributed by atoms with Crippen molar-refractivity contribution in [1.29, 1.82) is 0 Å². The van der Waals surface area contributed by atoms with Gasteiger partial charge >= 0.3 is 0 Å². The number of hydrogen-bond donors (Lipinski definition) is 1. The molecule has 104 valence electrons. The quantitative estimate of drug-likeness (QED) is 0.791. The zero-order valence-corrected chi connectivity index (χ0v) is 11.5. The zero-order chi connectivity index (χ0) is 14.5. The van der Waals surface area contributed by atoms with Crippen LogP contribution < -0.4 is 10.3 Å². The van der Waals surface area contributed by atoms with Gasteiger partial charge < -0.3 is 9.72 Å². The van der Waals surface area contributed by atoms with Gasteiger partial charge in [-0.3, -0.25) is 4.79 Å². The average Bonchev–Trinajstić information content (AvgIpc) is 2.55. The van der Waals surface area contributed by atoms with Crippen LogP contribution in [0.25, 0.3) is 11.1 Å². The molecule has 3 aromatic rings. The summed E-state index contributed by atoms with van der Waals surface area (Å²) in [6, 6.07) is 21.1. The number of aromatic nitrogens is 1. The molecule has 0 aliphatic carbocycles. The van der Waals surface area contributed by atoms with Crippen molar-refractivity contribution in [3.05, 3.63) is 88.8 Å². The summed E-state index contributed by atoms with van der Waals surface area (Å²) in [7, 11) is 0. The minimum absolute atomic E-state index is 0.0846. The molecule has 0 aliphatic rings. The molecule has 3 nitrogen and oxygen atoms in total. The highest BCUT2D eigenvalue weighted by atomic mass is 16.5. The van der Waals surface area contributed by atoms with Crippen LogP contribution in [0.5, 0.6) is 5.75 Å². The van der Waals surface area contributed by atoms with Crippen LogP contribution in [0.2, 0.25) is 0 Å². The number of ether oxygens (including phenoxy) is 1. The fourth-order valence-electron chi connectivity index (χ4n) is 2.16. The van der Waals surface area contributed by atoms with Gasteiger partial charge in [0.15, 0.2) is 0 Å². The lowest BCUT2D eigenvalue weighted by Crippen LogP contribution is -2.07. The smallest absolute Gasteiger partial charge is 0.255 e. The Labute approximate surface area is 122 Å². The fraction of sp³-hybridized carbons (Fsp3) is 0.0556. The molecule has 0 radical (unpaired) electrons. The van der Waals surface area contributed by atoms with Crippen LogP contribution in [0.3, 0.4) is 0 Å². The van der Waals surface area contributed by atoms with Gasteiger partial charge in [-0.1, -0.05) is 36.4 Å². The van der Waals surface area contributed by atoms with Crippen molar-refractivity contribution < 1.29 is 4.74 Å². The molecular weight excluding hydrogens is 262 g/mol. The molecule has 0 spiro atoms. The lowest BCUT2D eigenvalue weighted by Gasteiger charge is -2.07. The lowest BCUT2D eigenvalue weighted by molar-refractivity contribution is 0.306. The predicted molar refractivity (Wildman–Crippen MR) is 83.3 cm³/mol. The van der Waals surface area contributed by atoms with Gasteiger partial charge in [-0.15, -0.1) is 0 Å². The summed E-state index contributed by atoms with van der Waals surface area (Å²) in [6.07, 6.45) is 1.63. The maximum Gasteiger partial charge on any atom is 0.255 e. The van der Waals surface area contributed by atoms with Gasteiger partial charge in [0, 0.05) is 11.8 Å². The first-order valence-corrected chi connectivity index (χ1v) is 6.78. The summed E-state index contributed by atoms with van der Waals surface area (Å²) in [5, 5.41) is 0. The average molecular weight is 277 g/mol. The van der Waals surface area contributed by atoms with E-state index in [-0.39, 0.29) is 5.56 Å². The van der Waals surface area contributed by atoms with Crippen molar-refractivity contribution in [3.8, 4) is 16.9 Å². The Bertz CT molecular complexity index is 778. The van der Waals surface area contributed by atoms with Crippen molar-refractivity contribution in [1.82, 2.24) is 4.98 Å². The summed E-state index contributed by atoms with van der Waals surface area (Å²) >= 11 is 0. The highest BCUT2D eigenvalue weighted by Crippen LogP contribution is 2.18. The van der Waals surface area contributed by atoms with Crippen LogP contribution in [-0.2, 0) is 6.61 Å². The first-order valence-electron chi connectivity index (χ1n) is 6.78. The van der Waals surface area contributed by atoms with E-state index in [0.717, 1.165) is 16.9 Å². The normalized spacial score (nSPS) is 10.3. The van der Waals surface area contributed by atoms with E-state index in [4.69, 9.17) is 4.74 Å². The molecule has 1 N–H and O–H groups in total. The van der Waals surface area contributed by atoms with Crippen LogP contribution in [-0.4, -0.2) is 4.98 Å². The monoisotopic (exact) mass is 277 g/mol. The summed E-state index contributed by atoms with van der Waals surface area (Å²) in [6.45, 7) is 0.475. The third-order valence-corrected chi connectivity index (χ3v) is 3.20. The first-order chi connectivity index (χ1) is 10.3. The minimum atomic E-state index is -0.0846. The second-order valence-corrected chi connectivity index (χ2v) is 4.72. The molecule has 0 fully saturated rings. The Hall–Kier alpha value is -2.81. The molecule has 1 heterocycles. The molecule has 2 aromatic carbocycles. The van der Waals surface area contributed by atoms with E-state index in [1.54, 1.807) is 6.20 Å². The number of hydrogen-bond acceptors (Lipinski definition) is 2. The highest BCUT2D eigenvalue weighted by molar-refractivity contribution is 5.62. The van der Waals surface area contributed by atoms with Crippen molar-refractivity contribution in [3.63, 3.8) is 0 Å². The maximum absolute atomic E-state index is 11.8. The SMILES string of the molecule is O=c1[nH]cccc1-c1cccc(COc2ccccc2)c1. The van der Waals surface area contributed by atoms with E-state index in [9.17, 15) is 4.79 Å². The van der Waals surface area contributed by atoms with Crippen LogP contribution in [0.1, 0.15) is 5.56 Å². The minimum Gasteiger partial charge on any atom is -0.489 e. The number of benzene rings is 2. The van der Waals surface area contributed by atoms with Crippen LogP contribution in [0, 0.1) is 0 Å². The van der Waals surface area contributed by atoms with Crippen molar-refractivity contribution >= 4 is 0 Å². The van der Waals surface area contributed by atoms with E-state index in [1.807, 2.05) is 66.7 Å². The van der Waals surface area contributed by atoms with Crippen molar-refractivity contribution in [2.45, 2.75) is 6.61 Å². The van der Waals surface area contributed by atoms with E-state index >= 15 is 0 Å². The molecule has 0 amide bonds. The zero-order valence-electron chi connectivity index (χ0n) is 11.5. The van der Waals surface area contributed by atoms with Gasteiger partial charge in [-0.25, -0.2) is 0 Å². The molecule has 0 saturated carbocycles. The van der Waals surface area contributed by atoms with Gasteiger partial charge in [0.05, 0.1) is 0 Å². The van der Waals surface area contributed by atoms with Crippen molar-refractivity contribution in [2.75, 3.05) is 0 Å². The number of pyridine rings is 1. The maximum atomic E-state index is 11.8. The number of para-hydroxylation sites is 1. The van der Waals surface area contributed by atoms with Crippen LogP contribution in [0.15, 0.2) is 77.7 Å².